The maximum Gasteiger partial charge on any atom is 0.233 e. The Hall–Kier alpha value is -3.70. The van der Waals surface area contributed by atoms with Crippen molar-refractivity contribution in [1.29, 1.82) is 0 Å². The first-order chi connectivity index (χ1) is 16.0. The molecule has 33 heavy (non-hydrogen) atoms. The number of hydrogen-bond donors (Lipinski definition) is 2. The number of aromatic hydroxyl groups is 1. The number of β-lactam (4-membered cyclic amide) rings is 1. The first-order valence-electron chi connectivity index (χ1n) is 11.1. The number of rotatable bonds is 6. The number of nitrogens with zero attached hydrogens (tertiary/aromatic N) is 1. The highest BCUT2D eigenvalue weighted by Gasteiger charge is 2.48. The van der Waals surface area contributed by atoms with E-state index in [-0.39, 0.29) is 29.4 Å². The van der Waals surface area contributed by atoms with Crippen molar-refractivity contribution >= 4 is 11.6 Å². The van der Waals surface area contributed by atoms with E-state index >= 15 is 0 Å². The second-order valence-electron chi connectivity index (χ2n) is 8.53. The first-order valence-corrected chi connectivity index (χ1v) is 11.1. The molecule has 0 radical (unpaired) electrons. The summed E-state index contributed by atoms with van der Waals surface area (Å²) in [5, 5.41) is 20.3. The number of aliphatic hydroxyl groups excluding tert-OH is 1. The minimum atomic E-state index is -0.769. The van der Waals surface area contributed by atoms with E-state index in [1.165, 1.54) is 12.1 Å². The maximum absolute atomic E-state index is 13.3. The van der Waals surface area contributed by atoms with Crippen molar-refractivity contribution in [2.75, 3.05) is 4.90 Å². The zero-order valence-electron chi connectivity index (χ0n) is 17.9. The predicted octanol–water partition coefficient (Wildman–Crippen LogP) is 5.85. The number of fused-ring (bicyclic) bond motifs is 1. The molecule has 5 heteroatoms. The van der Waals surface area contributed by atoms with Gasteiger partial charge in [0, 0.05) is 5.69 Å². The molecular weight excluding hydrogens is 417 g/mol. The Morgan fingerprint density at radius 2 is 1.52 bits per heavy atom. The summed E-state index contributed by atoms with van der Waals surface area (Å²) < 4.78 is 13.2. The molecule has 0 aromatic heterocycles. The van der Waals surface area contributed by atoms with E-state index in [1.54, 1.807) is 29.2 Å². The molecule has 0 bridgehead atoms. The molecule has 2 aliphatic carbocycles. The molecule has 1 fully saturated rings. The van der Waals surface area contributed by atoms with Gasteiger partial charge >= 0.3 is 0 Å². The Kier molecular flexibility index (Phi) is 5.56. The van der Waals surface area contributed by atoms with Crippen LogP contribution in [0.4, 0.5) is 10.1 Å². The number of carbonyl (C=O) groups excluding carboxylic acids is 1. The lowest BCUT2D eigenvalue weighted by atomic mass is 9.78. The summed E-state index contributed by atoms with van der Waals surface area (Å²) in [5.74, 6) is -0.456. The van der Waals surface area contributed by atoms with Crippen molar-refractivity contribution in [3.05, 3.63) is 108 Å². The minimum absolute atomic E-state index is 0.0130. The van der Waals surface area contributed by atoms with Crippen LogP contribution in [0, 0.1) is 11.7 Å². The van der Waals surface area contributed by atoms with E-state index in [4.69, 9.17) is 0 Å². The number of phenols is 1. The highest BCUT2D eigenvalue weighted by atomic mass is 19.1. The van der Waals surface area contributed by atoms with E-state index in [9.17, 15) is 19.4 Å². The average molecular weight is 442 g/mol. The Morgan fingerprint density at radius 1 is 0.879 bits per heavy atom. The lowest BCUT2D eigenvalue weighted by Gasteiger charge is -2.47. The third-order valence-corrected chi connectivity index (χ3v) is 6.45. The summed E-state index contributed by atoms with van der Waals surface area (Å²) in [4.78, 5) is 15.1. The van der Waals surface area contributed by atoms with Gasteiger partial charge in [0.15, 0.2) is 0 Å². The molecule has 1 unspecified atom stereocenters. The van der Waals surface area contributed by atoms with Crippen molar-refractivity contribution in [2.24, 2.45) is 5.92 Å². The second-order valence-corrected chi connectivity index (χ2v) is 8.53. The van der Waals surface area contributed by atoms with Crippen LogP contribution in [0.5, 0.6) is 5.75 Å². The number of halogens is 1. The molecule has 1 amide bonds. The van der Waals surface area contributed by atoms with Crippen LogP contribution in [-0.4, -0.2) is 16.1 Å². The summed E-state index contributed by atoms with van der Waals surface area (Å²) in [6.07, 6.45) is 0.118. The van der Waals surface area contributed by atoms with Gasteiger partial charge in [0.1, 0.15) is 11.6 Å². The molecule has 1 aliphatic heterocycles. The molecule has 0 saturated carbocycles. The van der Waals surface area contributed by atoms with Crippen molar-refractivity contribution < 1.29 is 19.4 Å². The largest absolute Gasteiger partial charge is 0.508 e. The summed E-state index contributed by atoms with van der Waals surface area (Å²) in [7, 11) is 0. The third kappa shape index (κ3) is 4.08. The summed E-state index contributed by atoms with van der Waals surface area (Å²) in [6, 6.07) is 26.5. The standard InChI is InChI=1S/C28H24FNO3/c29-22-10-6-18(7-11-22)26(32)15-14-25-27(19-8-12-24(31)13-9-19)30(28(25)33)23-16-20-4-2-1-3-5-21(20)17-23/h1-13,16-17,25-27,31-32H,14-15H2/t25-,26?,27-/m1/s1. The molecule has 2 aromatic rings. The fourth-order valence-electron chi connectivity index (χ4n) is 4.70. The SMILES string of the molecule is O=C1[C@H](CCC(O)c2ccc(F)cc2)[C@@H](c2ccc(O)cc2)N1c1cc2cccccc-2c1. The Morgan fingerprint density at radius 3 is 2.15 bits per heavy atom. The highest BCUT2D eigenvalue weighted by Crippen LogP contribution is 2.48. The van der Waals surface area contributed by atoms with Gasteiger partial charge in [-0.2, -0.15) is 0 Å². The van der Waals surface area contributed by atoms with Crippen LogP contribution in [-0.2, 0) is 4.79 Å². The zero-order valence-corrected chi connectivity index (χ0v) is 17.9. The minimum Gasteiger partial charge on any atom is -0.508 e. The van der Waals surface area contributed by atoms with Crippen molar-refractivity contribution in [1.82, 2.24) is 0 Å². The molecule has 2 aromatic carbocycles. The van der Waals surface area contributed by atoms with Crippen LogP contribution < -0.4 is 4.90 Å². The molecule has 166 valence electrons. The maximum atomic E-state index is 13.3. The lowest BCUT2D eigenvalue weighted by molar-refractivity contribution is -0.131. The molecule has 2 N–H and O–H groups in total. The van der Waals surface area contributed by atoms with E-state index in [0.717, 1.165) is 22.4 Å². The van der Waals surface area contributed by atoms with Gasteiger partial charge in [-0.25, -0.2) is 4.39 Å². The molecule has 1 saturated heterocycles. The number of aliphatic hydroxyl groups is 1. The number of hydrogen-bond acceptors (Lipinski definition) is 3. The monoisotopic (exact) mass is 441 g/mol. The number of amides is 1. The topological polar surface area (TPSA) is 60.8 Å². The average Bonchev–Trinajstić information content (AvgIpc) is 3.07. The van der Waals surface area contributed by atoms with Gasteiger partial charge in [0.25, 0.3) is 0 Å². The van der Waals surface area contributed by atoms with Gasteiger partial charge < -0.3 is 15.1 Å². The predicted molar refractivity (Wildman–Crippen MR) is 125 cm³/mol. The van der Waals surface area contributed by atoms with E-state index in [2.05, 4.69) is 0 Å². The summed E-state index contributed by atoms with van der Waals surface area (Å²) in [6.45, 7) is 0. The Labute approximate surface area is 191 Å². The van der Waals surface area contributed by atoms with Gasteiger partial charge in [0.05, 0.1) is 18.1 Å². The quantitative estimate of drug-likeness (QED) is 0.369. The Balaban J connectivity index is 1.41. The van der Waals surface area contributed by atoms with Gasteiger partial charge in [-0.3, -0.25) is 4.79 Å². The fourth-order valence-corrected chi connectivity index (χ4v) is 4.70. The lowest BCUT2D eigenvalue weighted by Crippen LogP contribution is -2.55. The second kappa shape index (κ2) is 8.68. The molecule has 4 nitrogen and oxygen atoms in total. The zero-order chi connectivity index (χ0) is 22.9. The van der Waals surface area contributed by atoms with Crippen molar-refractivity contribution in [3.8, 4) is 16.9 Å². The summed E-state index contributed by atoms with van der Waals surface area (Å²) in [5.41, 5.74) is 4.53. The van der Waals surface area contributed by atoms with E-state index < -0.39 is 6.10 Å². The molecule has 3 atom stereocenters. The van der Waals surface area contributed by atoms with Crippen LogP contribution in [0.3, 0.4) is 0 Å². The first kappa shape index (κ1) is 21.2. The molecule has 5 rings (SSSR count). The van der Waals surface area contributed by atoms with Crippen molar-refractivity contribution in [3.63, 3.8) is 0 Å². The number of anilines is 1. The molecule has 3 aliphatic rings. The highest BCUT2D eigenvalue weighted by molar-refractivity contribution is 6.04. The molecule has 0 spiro atoms. The molecular formula is C28H24FNO3. The summed E-state index contributed by atoms with van der Waals surface area (Å²) >= 11 is 0. The van der Waals surface area contributed by atoms with Gasteiger partial charge in [0.2, 0.25) is 5.91 Å². The number of phenolic OH excluding ortho intramolecular Hbond substituents is 1. The third-order valence-electron chi connectivity index (χ3n) is 6.45. The smallest absolute Gasteiger partial charge is 0.233 e. The van der Waals surface area contributed by atoms with Gasteiger partial charge in [-0.1, -0.05) is 54.6 Å². The van der Waals surface area contributed by atoms with Crippen molar-refractivity contribution in [2.45, 2.75) is 25.0 Å². The number of benzene rings is 2. The number of carbonyl (C=O) groups is 1. The van der Waals surface area contributed by atoms with Gasteiger partial charge in [-0.15, -0.1) is 0 Å². The fraction of sp³-hybridized carbons (Fsp3) is 0.179. The van der Waals surface area contributed by atoms with E-state index in [1.807, 2.05) is 54.6 Å². The van der Waals surface area contributed by atoms with Crippen LogP contribution in [0.1, 0.15) is 36.1 Å². The van der Waals surface area contributed by atoms with Crippen LogP contribution in [0.25, 0.3) is 11.1 Å². The van der Waals surface area contributed by atoms with Crippen LogP contribution >= 0.6 is 0 Å². The normalized spacial score (nSPS) is 18.8. The molecule has 1 heterocycles. The van der Waals surface area contributed by atoms with Gasteiger partial charge in [-0.05, 0) is 71.5 Å². The van der Waals surface area contributed by atoms with E-state index in [0.29, 0.717) is 18.4 Å². The van der Waals surface area contributed by atoms with Crippen LogP contribution in [0.15, 0.2) is 91.0 Å². The Bertz CT molecular complexity index is 1210. The van der Waals surface area contributed by atoms with Crippen LogP contribution in [0.2, 0.25) is 0 Å².